The number of benzene rings is 1. The number of nitrogens with one attached hydrogen (secondary N) is 1. The van der Waals surface area contributed by atoms with E-state index >= 15 is 0 Å². The van der Waals surface area contributed by atoms with Gasteiger partial charge < -0.3 is 19.9 Å². The van der Waals surface area contributed by atoms with Crippen LogP contribution in [-0.2, 0) is 14.3 Å². The van der Waals surface area contributed by atoms with Crippen LogP contribution in [0.4, 0.5) is 0 Å². The number of thioether (sulfide) groups is 1. The Hall–Kier alpha value is -2.59. The number of carboxylic acids is 2. The molecule has 2 heterocycles. The molecule has 0 spiro atoms. The molecule has 0 unspecified atom stereocenters. The summed E-state index contributed by atoms with van der Waals surface area (Å²) < 4.78 is 4.63. The summed E-state index contributed by atoms with van der Waals surface area (Å²) in [5, 5.41) is 18.3. The predicted octanol–water partition coefficient (Wildman–Crippen LogP) is 1.61. The number of aliphatic carboxylic acids is 2. The van der Waals surface area contributed by atoms with E-state index in [2.05, 4.69) is 9.72 Å². The first-order valence-corrected chi connectivity index (χ1v) is 9.06. The van der Waals surface area contributed by atoms with E-state index in [-0.39, 0.29) is 10.4 Å². The molecule has 3 rings (SSSR count). The van der Waals surface area contributed by atoms with Gasteiger partial charge in [-0.25, -0.2) is 4.79 Å². The molecule has 26 heavy (non-hydrogen) atoms. The van der Waals surface area contributed by atoms with Crippen LogP contribution in [0.1, 0.15) is 26.7 Å². The van der Waals surface area contributed by atoms with Crippen molar-refractivity contribution >= 4 is 41.0 Å². The fraction of sp³-hybridized carbons (Fsp3) is 0.250. The molecule has 10 heteroatoms. The summed E-state index contributed by atoms with van der Waals surface area (Å²) in [5.41, 5.74) is 0.790. The summed E-state index contributed by atoms with van der Waals surface area (Å²) in [6.07, 6.45) is 0. The predicted molar refractivity (Wildman–Crippen MR) is 93.0 cm³/mol. The van der Waals surface area contributed by atoms with Gasteiger partial charge in [0.05, 0.1) is 23.6 Å². The van der Waals surface area contributed by atoms with E-state index in [1.54, 1.807) is 12.1 Å². The van der Waals surface area contributed by atoms with E-state index in [4.69, 9.17) is 0 Å². The third-order valence-electron chi connectivity index (χ3n) is 4.07. The highest BCUT2D eigenvalue weighted by Crippen LogP contribution is 2.49. The second-order valence-corrected chi connectivity index (χ2v) is 7.71. The van der Waals surface area contributed by atoms with Crippen LogP contribution in [-0.4, -0.2) is 45.5 Å². The lowest BCUT2D eigenvalue weighted by molar-refractivity contribution is -0.148. The zero-order chi connectivity index (χ0) is 19.0. The molecular formula is C16H13NO7S2. The Labute approximate surface area is 154 Å². The molecule has 3 N–H and O–H groups in total. The van der Waals surface area contributed by atoms with Crippen molar-refractivity contribution in [3.8, 4) is 0 Å². The third kappa shape index (κ3) is 3.13. The number of aromatic nitrogens is 1. The Kier molecular flexibility index (Phi) is 4.88. The third-order valence-corrected chi connectivity index (χ3v) is 6.48. The Morgan fingerprint density at radius 2 is 1.77 bits per heavy atom. The molecule has 0 aliphatic carbocycles. The van der Waals surface area contributed by atoms with Gasteiger partial charge in [0.15, 0.2) is 0 Å². The SMILES string of the molecule is COC(=O)c1ccc([C@H]2c3sc(=O)[nH]c3S[C@@H](C(=O)O)[C@@H]2C(=O)O)cc1. The number of aromatic amines is 1. The van der Waals surface area contributed by atoms with E-state index < -0.39 is 35.0 Å². The normalized spacial score (nSPS) is 21.7. The van der Waals surface area contributed by atoms with Crippen LogP contribution in [0.15, 0.2) is 34.1 Å². The maximum absolute atomic E-state index is 11.9. The minimum absolute atomic E-state index is 0.283. The van der Waals surface area contributed by atoms with E-state index in [9.17, 15) is 29.4 Å². The number of hydrogen-bond donors (Lipinski definition) is 3. The van der Waals surface area contributed by atoms with Gasteiger partial charge in [-0.1, -0.05) is 35.2 Å². The number of carbonyl (C=O) groups is 3. The average Bonchev–Trinajstić information content (AvgIpc) is 2.99. The van der Waals surface area contributed by atoms with Gasteiger partial charge in [-0.05, 0) is 17.7 Å². The Morgan fingerprint density at radius 1 is 1.12 bits per heavy atom. The van der Waals surface area contributed by atoms with Crippen LogP contribution in [0.3, 0.4) is 0 Å². The molecule has 1 aromatic carbocycles. The topological polar surface area (TPSA) is 134 Å². The Bertz CT molecular complexity index is 931. The van der Waals surface area contributed by atoms with Crippen molar-refractivity contribution < 1.29 is 29.3 Å². The molecule has 0 radical (unpaired) electrons. The van der Waals surface area contributed by atoms with Crippen LogP contribution in [0.25, 0.3) is 0 Å². The van der Waals surface area contributed by atoms with Gasteiger partial charge in [0.2, 0.25) is 0 Å². The van der Waals surface area contributed by atoms with Crippen molar-refractivity contribution in [2.24, 2.45) is 5.92 Å². The zero-order valence-electron chi connectivity index (χ0n) is 13.3. The Morgan fingerprint density at radius 3 is 2.31 bits per heavy atom. The van der Waals surface area contributed by atoms with Crippen LogP contribution in [0.2, 0.25) is 0 Å². The first-order valence-electron chi connectivity index (χ1n) is 7.37. The second-order valence-electron chi connectivity index (χ2n) is 5.54. The van der Waals surface area contributed by atoms with Gasteiger partial charge in [0, 0.05) is 10.8 Å². The largest absolute Gasteiger partial charge is 0.481 e. The first-order chi connectivity index (χ1) is 12.3. The summed E-state index contributed by atoms with van der Waals surface area (Å²) >= 11 is 1.70. The number of rotatable bonds is 4. The summed E-state index contributed by atoms with van der Waals surface area (Å²) in [5.74, 6) is -5.16. The van der Waals surface area contributed by atoms with Crippen molar-refractivity contribution in [2.45, 2.75) is 16.2 Å². The second kappa shape index (κ2) is 6.96. The van der Waals surface area contributed by atoms with E-state index in [0.29, 0.717) is 15.5 Å². The molecule has 3 atom stereocenters. The van der Waals surface area contributed by atoms with Gasteiger partial charge in [0.25, 0.3) is 0 Å². The van der Waals surface area contributed by atoms with Gasteiger partial charge in [-0.2, -0.15) is 0 Å². The fourth-order valence-electron chi connectivity index (χ4n) is 2.94. The molecule has 0 fully saturated rings. The van der Waals surface area contributed by atoms with Gasteiger partial charge in [-0.15, -0.1) is 0 Å². The first kappa shape index (κ1) is 18.2. The van der Waals surface area contributed by atoms with Crippen LogP contribution < -0.4 is 4.87 Å². The average molecular weight is 395 g/mol. The van der Waals surface area contributed by atoms with Crippen molar-refractivity contribution in [1.29, 1.82) is 0 Å². The maximum Gasteiger partial charge on any atom is 0.337 e. The molecule has 1 aliphatic rings. The highest BCUT2D eigenvalue weighted by Gasteiger charge is 2.47. The molecule has 1 aromatic heterocycles. The van der Waals surface area contributed by atoms with Gasteiger partial charge in [-0.3, -0.25) is 14.4 Å². The number of esters is 1. The quantitative estimate of drug-likeness (QED) is 0.665. The summed E-state index contributed by atoms with van der Waals surface area (Å²) in [6, 6.07) is 6.06. The number of fused-ring (bicyclic) bond motifs is 1. The molecule has 2 aromatic rings. The minimum atomic E-state index is -1.27. The number of hydrogen-bond acceptors (Lipinski definition) is 7. The van der Waals surface area contributed by atoms with Crippen molar-refractivity contribution in [2.75, 3.05) is 7.11 Å². The monoisotopic (exact) mass is 395 g/mol. The van der Waals surface area contributed by atoms with Crippen molar-refractivity contribution in [3.63, 3.8) is 0 Å². The fourth-order valence-corrected chi connectivity index (χ4v) is 5.35. The highest BCUT2D eigenvalue weighted by molar-refractivity contribution is 8.00. The zero-order valence-corrected chi connectivity index (χ0v) is 14.9. The molecule has 0 bridgehead atoms. The summed E-state index contributed by atoms with van der Waals surface area (Å²) in [7, 11) is 1.25. The highest BCUT2D eigenvalue weighted by atomic mass is 32.2. The van der Waals surface area contributed by atoms with Crippen LogP contribution in [0, 0.1) is 5.92 Å². The van der Waals surface area contributed by atoms with E-state index in [0.717, 1.165) is 23.1 Å². The Balaban J connectivity index is 2.14. The lowest BCUT2D eigenvalue weighted by Crippen LogP contribution is -2.39. The number of thiazole rings is 1. The van der Waals surface area contributed by atoms with Gasteiger partial charge >= 0.3 is 22.8 Å². The number of methoxy groups -OCH3 is 1. The van der Waals surface area contributed by atoms with Crippen molar-refractivity contribution in [3.05, 3.63) is 49.9 Å². The number of carbonyl (C=O) groups excluding carboxylic acids is 1. The minimum Gasteiger partial charge on any atom is -0.481 e. The standard InChI is InChI=1S/C16H13NO7S2/c1-24-15(22)7-4-2-6(3-5-7)8-9(13(18)19)11(14(20)21)25-12-10(8)26-16(23)17-12/h2-5,8-9,11H,1H3,(H,17,23)(H,18,19)(H,20,21)/t8-,9-,11-/m1/s1. The molecule has 0 amide bonds. The van der Waals surface area contributed by atoms with Crippen LogP contribution >= 0.6 is 23.1 Å². The smallest absolute Gasteiger partial charge is 0.337 e. The number of ether oxygens (including phenoxy) is 1. The molecule has 8 nitrogen and oxygen atoms in total. The van der Waals surface area contributed by atoms with E-state index in [1.165, 1.54) is 19.2 Å². The number of H-pyrrole nitrogens is 1. The molecule has 136 valence electrons. The maximum atomic E-state index is 11.9. The lowest BCUT2D eigenvalue weighted by Gasteiger charge is -2.32. The molecular weight excluding hydrogens is 382 g/mol. The van der Waals surface area contributed by atoms with Crippen LogP contribution in [0.5, 0.6) is 0 Å². The van der Waals surface area contributed by atoms with E-state index in [1.807, 2.05) is 0 Å². The summed E-state index contributed by atoms with van der Waals surface area (Å²) in [4.78, 5) is 49.5. The molecule has 0 saturated carbocycles. The van der Waals surface area contributed by atoms with Gasteiger partial charge in [0.1, 0.15) is 5.25 Å². The number of carboxylic acid groups (broad SMARTS) is 2. The van der Waals surface area contributed by atoms with Crippen molar-refractivity contribution in [1.82, 2.24) is 4.98 Å². The summed E-state index contributed by atoms with van der Waals surface area (Å²) in [6.45, 7) is 0. The molecule has 1 aliphatic heterocycles. The molecule has 0 saturated heterocycles. The lowest BCUT2D eigenvalue weighted by atomic mass is 9.82.